The summed E-state index contributed by atoms with van der Waals surface area (Å²) in [5.41, 5.74) is 15.3. The largest absolute Gasteiger partial charge is 0.268 e. The molecule has 7 aromatic carbocycles. The molecule has 2 aliphatic heterocycles. The van der Waals surface area contributed by atoms with Crippen LogP contribution in [0.2, 0.25) is 0 Å². The zero-order chi connectivity index (χ0) is 39.7. The van der Waals surface area contributed by atoms with Crippen molar-refractivity contribution in [3.63, 3.8) is 0 Å². The summed E-state index contributed by atoms with van der Waals surface area (Å²) in [4.78, 5) is 57.3. The maximum atomic E-state index is 13.8. The van der Waals surface area contributed by atoms with Crippen LogP contribution >= 0.6 is 0 Å². The molecule has 0 atom stereocenters. The first-order valence-electron chi connectivity index (χ1n) is 19.0. The van der Waals surface area contributed by atoms with E-state index in [0.29, 0.717) is 33.6 Å². The zero-order valence-corrected chi connectivity index (χ0v) is 32.3. The standard InChI is InChI=1S/C51H38N2O4/c1-29-6-10-34(11-7-29)39-18-21-42-44(27-39)50(56)52(48(42)54)46-23-20-38(24-31(46)3)36-14-16-37(17-15-36)41-25-32(4)47(33(5)26-41)53-49(55)43-22-19-40(28-45(43)51(53)57)35-12-8-30(2)9-13-35/h6-28H,1-5H3. The average Bonchev–Trinajstić information content (AvgIpc) is 3.61. The van der Waals surface area contributed by atoms with Crippen molar-refractivity contribution in [2.24, 2.45) is 0 Å². The van der Waals surface area contributed by atoms with Gasteiger partial charge in [0, 0.05) is 0 Å². The number of hydrogen-bond acceptors (Lipinski definition) is 4. The summed E-state index contributed by atoms with van der Waals surface area (Å²) in [6.07, 6.45) is 0. The Labute approximate surface area is 331 Å². The van der Waals surface area contributed by atoms with Gasteiger partial charge in [-0.25, -0.2) is 9.80 Å². The molecule has 2 heterocycles. The van der Waals surface area contributed by atoms with Gasteiger partial charge in [0.1, 0.15) is 0 Å². The molecule has 0 saturated heterocycles. The third-order valence-electron chi connectivity index (χ3n) is 11.2. The summed E-state index contributed by atoms with van der Waals surface area (Å²) < 4.78 is 0. The van der Waals surface area contributed by atoms with Crippen LogP contribution in [0.4, 0.5) is 11.4 Å². The highest BCUT2D eigenvalue weighted by atomic mass is 16.2. The Hall–Kier alpha value is -7.18. The molecule has 0 aliphatic carbocycles. The Bertz CT molecular complexity index is 2830. The average molecular weight is 743 g/mol. The molecule has 4 amide bonds. The number of hydrogen-bond donors (Lipinski definition) is 0. The van der Waals surface area contributed by atoms with Crippen molar-refractivity contribution in [1.29, 1.82) is 0 Å². The van der Waals surface area contributed by atoms with Crippen LogP contribution in [-0.2, 0) is 0 Å². The van der Waals surface area contributed by atoms with Crippen LogP contribution in [-0.4, -0.2) is 23.6 Å². The van der Waals surface area contributed by atoms with E-state index in [9.17, 15) is 19.2 Å². The van der Waals surface area contributed by atoms with E-state index in [-0.39, 0.29) is 23.6 Å². The summed E-state index contributed by atoms with van der Waals surface area (Å²) in [5.74, 6) is -1.28. The number of benzene rings is 7. The number of amides is 4. The third kappa shape index (κ3) is 5.98. The highest BCUT2D eigenvalue weighted by Gasteiger charge is 2.39. The molecule has 2 aliphatic rings. The Kier molecular flexibility index (Phi) is 8.43. The summed E-state index contributed by atoms with van der Waals surface area (Å²) in [5, 5.41) is 0. The number of carbonyl (C=O) groups is 4. The second kappa shape index (κ2) is 13.5. The van der Waals surface area contributed by atoms with E-state index >= 15 is 0 Å². The third-order valence-corrected chi connectivity index (χ3v) is 11.2. The van der Waals surface area contributed by atoms with E-state index in [0.717, 1.165) is 72.3 Å². The number of imide groups is 2. The van der Waals surface area contributed by atoms with Crippen LogP contribution in [0.3, 0.4) is 0 Å². The normalized spacial score (nSPS) is 13.4. The van der Waals surface area contributed by atoms with Gasteiger partial charge in [-0.05, 0) is 144 Å². The van der Waals surface area contributed by atoms with Gasteiger partial charge < -0.3 is 0 Å². The Morgan fingerprint density at radius 3 is 1.11 bits per heavy atom. The summed E-state index contributed by atoms with van der Waals surface area (Å²) in [7, 11) is 0. The van der Waals surface area contributed by atoms with Crippen LogP contribution in [0.25, 0.3) is 44.5 Å². The van der Waals surface area contributed by atoms with Crippen molar-refractivity contribution in [2.75, 3.05) is 9.80 Å². The van der Waals surface area contributed by atoms with Gasteiger partial charge in [0.25, 0.3) is 23.6 Å². The van der Waals surface area contributed by atoms with Crippen molar-refractivity contribution in [1.82, 2.24) is 0 Å². The molecule has 0 radical (unpaired) electrons. The number of fused-ring (bicyclic) bond motifs is 2. The lowest BCUT2D eigenvalue weighted by molar-refractivity contribution is 0.0910. The highest BCUT2D eigenvalue weighted by molar-refractivity contribution is 6.36. The van der Waals surface area contributed by atoms with Crippen molar-refractivity contribution in [2.45, 2.75) is 34.6 Å². The molecule has 0 unspecified atom stereocenters. The molecule has 0 bridgehead atoms. The van der Waals surface area contributed by atoms with E-state index < -0.39 is 0 Å². The van der Waals surface area contributed by atoms with Gasteiger partial charge in [-0.1, -0.05) is 102 Å². The molecule has 9 rings (SSSR count). The topological polar surface area (TPSA) is 74.8 Å². The Morgan fingerprint density at radius 1 is 0.298 bits per heavy atom. The summed E-state index contributed by atoms with van der Waals surface area (Å²) in [6.45, 7) is 9.85. The molecular weight excluding hydrogens is 705 g/mol. The molecule has 57 heavy (non-hydrogen) atoms. The highest BCUT2D eigenvalue weighted by Crippen LogP contribution is 2.39. The number of rotatable bonds is 6. The minimum atomic E-state index is -0.323. The first kappa shape index (κ1) is 35.5. The van der Waals surface area contributed by atoms with E-state index in [1.54, 1.807) is 12.1 Å². The van der Waals surface area contributed by atoms with Crippen LogP contribution in [0.15, 0.2) is 140 Å². The van der Waals surface area contributed by atoms with Crippen molar-refractivity contribution < 1.29 is 19.2 Å². The summed E-state index contributed by atoms with van der Waals surface area (Å²) >= 11 is 0. The van der Waals surface area contributed by atoms with Gasteiger partial charge in [0.05, 0.1) is 33.6 Å². The summed E-state index contributed by atoms with van der Waals surface area (Å²) in [6, 6.07) is 45.2. The maximum absolute atomic E-state index is 13.8. The molecule has 7 aromatic rings. The molecule has 0 saturated carbocycles. The maximum Gasteiger partial charge on any atom is 0.266 e. The minimum Gasteiger partial charge on any atom is -0.268 e. The molecular formula is C51H38N2O4. The van der Waals surface area contributed by atoms with E-state index in [1.165, 1.54) is 9.80 Å². The van der Waals surface area contributed by atoms with Crippen molar-refractivity contribution >= 4 is 35.0 Å². The first-order chi connectivity index (χ1) is 27.5. The molecule has 0 aromatic heterocycles. The molecule has 6 nitrogen and oxygen atoms in total. The van der Waals surface area contributed by atoms with Gasteiger partial charge >= 0.3 is 0 Å². The lowest BCUT2D eigenvalue weighted by atomic mass is 9.95. The monoisotopic (exact) mass is 742 g/mol. The molecule has 0 spiro atoms. The first-order valence-corrected chi connectivity index (χ1v) is 19.0. The molecule has 276 valence electrons. The molecule has 6 heteroatoms. The van der Waals surface area contributed by atoms with E-state index in [4.69, 9.17) is 0 Å². The van der Waals surface area contributed by atoms with E-state index in [2.05, 4.69) is 12.1 Å². The van der Waals surface area contributed by atoms with Crippen molar-refractivity contribution in [3.8, 4) is 44.5 Å². The Morgan fingerprint density at radius 2 is 0.632 bits per heavy atom. The molecule has 0 fully saturated rings. The fourth-order valence-corrected chi connectivity index (χ4v) is 8.17. The second-order valence-corrected chi connectivity index (χ2v) is 15.2. The fourth-order valence-electron chi connectivity index (χ4n) is 8.17. The molecule has 0 N–H and O–H groups in total. The predicted octanol–water partition coefficient (Wildman–Crippen LogP) is 11.5. The van der Waals surface area contributed by atoms with Gasteiger partial charge in [-0.15, -0.1) is 0 Å². The SMILES string of the molecule is Cc1ccc(-c2ccc3c(c2)C(=O)N(c2ccc(-c4ccc(-c5cc(C)c(N6C(=O)c7ccc(-c8ccc(C)cc8)cc7C6=O)c(C)c5)cc4)cc2C)C3=O)cc1. The number of carbonyl (C=O) groups excluding carboxylic acids is 4. The smallest absolute Gasteiger partial charge is 0.266 e. The van der Waals surface area contributed by atoms with Crippen LogP contribution in [0.1, 0.15) is 69.2 Å². The second-order valence-electron chi connectivity index (χ2n) is 15.2. The van der Waals surface area contributed by atoms with Gasteiger partial charge in [0.2, 0.25) is 0 Å². The van der Waals surface area contributed by atoms with Crippen LogP contribution in [0.5, 0.6) is 0 Å². The fraction of sp³-hybridized carbons (Fsp3) is 0.0980. The van der Waals surface area contributed by atoms with Crippen molar-refractivity contribution in [3.05, 3.63) is 190 Å². The Balaban J connectivity index is 0.941. The van der Waals surface area contributed by atoms with Gasteiger partial charge in [-0.3, -0.25) is 19.2 Å². The zero-order valence-electron chi connectivity index (χ0n) is 32.3. The minimum absolute atomic E-state index is 0.315. The van der Waals surface area contributed by atoms with Gasteiger partial charge in [0.15, 0.2) is 0 Å². The van der Waals surface area contributed by atoms with Crippen LogP contribution < -0.4 is 9.80 Å². The quantitative estimate of drug-likeness (QED) is 0.159. The van der Waals surface area contributed by atoms with Crippen LogP contribution in [0, 0.1) is 34.6 Å². The number of anilines is 2. The number of aryl methyl sites for hydroxylation is 5. The lowest BCUT2D eigenvalue weighted by Crippen LogP contribution is -2.30. The van der Waals surface area contributed by atoms with Gasteiger partial charge in [-0.2, -0.15) is 0 Å². The lowest BCUT2D eigenvalue weighted by Gasteiger charge is -2.21. The van der Waals surface area contributed by atoms with E-state index in [1.807, 2.05) is 150 Å². The predicted molar refractivity (Wildman–Crippen MR) is 227 cm³/mol. The number of nitrogens with zero attached hydrogens (tertiary/aromatic N) is 2.